The first-order valence-corrected chi connectivity index (χ1v) is 7.86. The summed E-state index contributed by atoms with van der Waals surface area (Å²) in [4.78, 5) is 35.7. The van der Waals surface area contributed by atoms with Crippen molar-refractivity contribution in [2.24, 2.45) is 11.8 Å². The number of thiol groups is 1. The Balaban J connectivity index is 4.84. The van der Waals surface area contributed by atoms with Crippen LogP contribution in [-0.2, 0) is 23.9 Å². The minimum atomic E-state index is -0.833. The number of amides is 1. The van der Waals surface area contributed by atoms with Gasteiger partial charge in [-0.05, 0) is 26.7 Å². The van der Waals surface area contributed by atoms with Gasteiger partial charge in [0.2, 0.25) is 5.91 Å². The van der Waals surface area contributed by atoms with Gasteiger partial charge in [0.25, 0.3) is 0 Å². The van der Waals surface area contributed by atoms with Gasteiger partial charge in [0, 0.05) is 5.75 Å². The molecule has 0 saturated carbocycles. The van der Waals surface area contributed by atoms with Crippen LogP contribution in [0.1, 0.15) is 41.0 Å². The van der Waals surface area contributed by atoms with Crippen molar-refractivity contribution in [3.8, 4) is 0 Å². The van der Waals surface area contributed by atoms with Gasteiger partial charge >= 0.3 is 11.9 Å². The molecule has 1 amide bonds. The van der Waals surface area contributed by atoms with E-state index in [1.807, 2.05) is 13.8 Å². The molecule has 7 heteroatoms. The second kappa shape index (κ2) is 9.02. The Kier molecular flexibility index (Phi) is 8.52. The molecule has 0 aliphatic carbocycles. The van der Waals surface area contributed by atoms with Crippen LogP contribution >= 0.6 is 12.6 Å². The lowest BCUT2D eigenvalue weighted by molar-refractivity contribution is -0.158. The zero-order valence-corrected chi connectivity index (χ0v) is 15.0. The molecular formula is C15H27NO5S. The maximum absolute atomic E-state index is 12.3. The molecule has 0 aromatic rings. The van der Waals surface area contributed by atoms with E-state index in [4.69, 9.17) is 4.74 Å². The number of carbonyl (C=O) groups excluding carboxylic acids is 3. The average molecular weight is 333 g/mol. The lowest BCUT2D eigenvalue weighted by atomic mass is 9.91. The van der Waals surface area contributed by atoms with Crippen molar-refractivity contribution in [2.75, 3.05) is 12.9 Å². The van der Waals surface area contributed by atoms with E-state index >= 15 is 0 Å². The third-order valence-electron chi connectivity index (χ3n) is 2.93. The molecule has 0 rings (SSSR count). The van der Waals surface area contributed by atoms with Crippen LogP contribution in [0.3, 0.4) is 0 Å². The first kappa shape index (κ1) is 20.8. The molecule has 0 bridgehead atoms. The third-order valence-corrected chi connectivity index (χ3v) is 3.30. The Morgan fingerprint density at radius 2 is 1.73 bits per heavy atom. The quantitative estimate of drug-likeness (QED) is 0.546. The van der Waals surface area contributed by atoms with Crippen molar-refractivity contribution in [1.82, 2.24) is 5.32 Å². The number of nitrogens with one attached hydrogen (secondary N) is 1. The second-order valence-electron chi connectivity index (χ2n) is 6.41. The summed E-state index contributed by atoms with van der Waals surface area (Å²) >= 11 is 4.02. The van der Waals surface area contributed by atoms with E-state index in [1.54, 1.807) is 20.8 Å². The first-order chi connectivity index (χ1) is 10.0. The summed E-state index contributed by atoms with van der Waals surface area (Å²) in [6, 6.07) is -0.833. The fourth-order valence-corrected chi connectivity index (χ4v) is 2.03. The molecule has 1 N–H and O–H groups in total. The highest BCUT2D eigenvalue weighted by molar-refractivity contribution is 7.80. The monoisotopic (exact) mass is 333 g/mol. The van der Waals surface area contributed by atoms with Gasteiger partial charge in [0.15, 0.2) is 0 Å². The van der Waals surface area contributed by atoms with Gasteiger partial charge in [0.1, 0.15) is 11.6 Å². The fraction of sp³-hybridized carbons (Fsp3) is 0.800. The molecule has 6 nitrogen and oxygen atoms in total. The Morgan fingerprint density at radius 3 is 2.09 bits per heavy atom. The van der Waals surface area contributed by atoms with E-state index in [9.17, 15) is 14.4 Å². The summed E-state index contributed by atoms with van der Waals surface area (Å²) in [6.45, 7) is 8.97. The number of esters is 2. The van der Waals surface area contributed by atoms with Crippen molar-refractivity contribution in [2.45, 2.75) is 52.7 Å². The highest BCUT2D eigenvalue weighted by Gasteiger charge is 2.30. The molecule has 2 atom stereocenters. The van der Waals surface area contributed by atoms with Gasteiger partial charge in [-0.15, -0.1) is 0 Å². The molecule has 0 aliphatic rings. The molecule has 0 heterocycles. The van der Waals surface area contributed by atoms with E-state index in [1.165, 1.54) is 7.11 Å². The molecule has 22 heavy (non-hydrogen) atoms. The molecular weight excluding hydrogens is 306 g/mol. The lowest BCUT2D eigenvalue weighted by Gasteiger charge is -2.25. The molecule has 0 spiro atoms. The van der Waals surface area contributed by atoms with Crippen molar-refractivity contribution in [3.63, 3.8) is 0 Å². The Labute approximate surface area is 137 Å². The maximum atomic E-state index is 12.3. The molecule has 0 aromatic heterocycles. The van der Waals surface area contributed by atoms with Crippen LogP contribution in [0.2, 0.25) is 0 Å². The number of ether oxygens (including phenoxy) is 2. The zero-order chi connectivity index (χ0) is 17.5. The number of hydrogen-bond donors (Lipinski definition) is 2. The minimum absolute atomic E-state index is 0.0404. The molecule has 0 unspecified atom stereocenters. The number of carbonyl (C=O) groups is 3. The van der Waals surface area contributed by atoms with E-state index in [0.29, 0.717) is 0 Å². The number of rotatable bonds is 7. The van der Waals surface area contributed by atoms with E-state index in [0.717, 1.165) is 0 Å². The summed E-state index contributed by atoms with van der Waals surface area (Å²) < 4.78 is 9.84. The second-order valence-corrected chi connectivity index (χ2v) is 6.77. The van der Waals surface area contributed by atoms with Crippen molar-refractivity contribution in [3.05, 3.63) is 0 Å². The van der Waals surface area contributed by atoms with Crippen molar-refractivity contribution in [1.29, 1.82) is 0 Å². The summed E-state index contributed by atoms with van der Waals surface area (Å²) in [5.41, 5.74) is -0.602. The Bertz CT molecular complexity index is 403. The highest BCUT2D eigenvalue weighted by Crippen LogP contribution is 2.19. The smallest absolute Gasteiger partial charge is 0.329 e. The molecule has 0 fully saturated rings. The van der Waals surface area contributed by atoms with Crippen LogP contribution in [0.15, 0.2) is 0 Å². The summed E-state index contributed by atoms with van der Waals surface area (Å²) in [5, 5.41) is 2.57. The molecule has 0 aromatic carbocycles. The molecule has 0 saturated heterocycles. The van der Waals surface area contributed by atoms with Crippen LogP contribution in [-0.4, -0.2) is 42.4 Å². The third kappa shape index (κ3) is 7.68. The van der Waals surface area contributed by atoms with Gasteiger partial charge in [-0.1, -0.05) is 13.8 Å². The maximum Gasteiger partial charge on any atom is 0.329 e. The lowest BCUT2D eigenvalue weighted by Crippen LogP contribution is -2.47. The van der Waals surface area contributed by atoms with Gasteiger partial charge in [-0.3, -0.25) is 9.59 Å². The summed E-state index contributed by atoms with van der Waals surface area (Å²) in [6.07, 6.45) is -0.0404. The standard InChI is InChI=1S/C15H27NO5S/c1-9(2)10(7-12(17)21-15(3,4)5)13(18)16-11(8-22)14(19)20-6/h9-11,22H,7-8H2,1-6H3,(H,16,18)/t10-,11-/m0/s1. The van der Waals surface area contributed by atoms with Crippen LogP contribution in [0.5, 0.6) is 0 Å². The van der Waals surface area contributed by atoms with Crippen molar-refractivity contribution >= 4 is 30.5 Å². The normalized spacial score (nSPS) is 14.2. The van der Waals surface area contributed by atoms with Gasteiger partial charge in [0.05, 0.1) is 19.4 Å². The molecule has 0 radical (unpaired) electrons. The number of methoxy groups -OCH3 is 1. The topological polar surface area (TPSA) is 81.7 Å². The predicted molar refractivity (Wildman–Crippen MR) is 86.6 cm³/mol. The van der Waals surface area contributed by atoms with Crippen molar-refractivity contribution < 1.29 is 23.9 Å². The Hall–Kier alpha value is -1.24. The average Bonchev–Trinajstić information content (AvgIpc) is 2.38. The highest BCUT2D eigenvalue weighted by atomic mass is 32.1. The van der Waals surface area contributed by atoms with Gasteiger partial charge in [-0.25, -0.2) is 4.79 Å². The zero-order valence-electron chi connectivity index (χ0n) is 14.1. The molecule has 128 valence electrons. The molecule has 0 aliphatic heterocycles. The van der Waals surface area contributed by atoms with E-state index < -0.39 is 29.5 Å². The minimum Gasteiger partial charge on any atom is -0.467 e. The van der Waals surface area contributed by atoms with Crippen LogP contribution in [0, 0.1) is 11.8 Å². The Morgan fingerprint density at radius 1 is 1.18 bits per heavy atom. The largest absolute Gasteiger partial charge is 0.467 e. The van der Waals surface area contributed by atoms with E-state index in [-0.39, 0.29) is 24.0 Å². The van der Waals surface area contributed by atoms with Gasteiger partial charge < -0.3 is 14.8 Å². The van der Waals surface area contributed by atoms with E-state index in [2.05, 4.69) is 22.7 Å². The van der Waals surface area contributed by atoms with Crippen LogP contribution in [0.25, 0.3) is 0 Å². The van der Waals surface area contributed by atoms with Gasteiger partial charge in [-0.2, -0.15) is 12.6 Å². The first-order valence-electron chi connectivity index (χ1n) is 7.22. The summed E-state index contributed by atoms with van der Waals surface area (Å²) in [5.74, 6) is -1.93. The summed E-state index contributed by atoms with van der Waals surface area (Å²) in [7, 11) is 1.24. The fourth-order valence-electron chi connectivity index (χ4n) is 1.79. The predicted octanol–water partition coefficient (Wildman–Crippen LogP) is 1.58. The SMILES string of the molecule is COC(=O)[C@H](CS)NC(=O)[C@@H](CC(=O)OC(C)(C)C)C(C)C. The number of hydrogen-bond acceptors (Lipinski definition) is 6. The van der Waals surface area contributed by atoms with Crippen LogP contribution in [0.4, 0.5) is 0 Å². The van der Waals surface area contributed by atoms with Crippen LogP contribution < -0.4 is 5.32 Å².